The van der Waals surface area contributed by atoms with E-state index in [0.717, 1.165) is 4.68 Å². The summed E-state index contributed by atoms with van der Waals surface area (Å²) >= 11 is 0. The lowest BCUT2D eigenvalue weighted by Crippen LogP contribution is -2.03. The van der Waals surface area contributed by atoms with Crippen molar-refractivity contribution in [3.05, 3.63) is 47.8 Å². The van der Waals surface area contributed by atoms with Gasteiger partial charge in [0.25, 0.3) is 0 Å². The molecule has 0 aliphatic carbocycles. The molecule has 0 amide bonds. The monoisotopic (exact) mass is 223 g/mol. The fourth-order valence-corrected chi connectivity index (χ4v) is 1.93. The summed E-state index contributed by atoms with van der Waals surface area (Å²) in [6.45, 7) is 0. The maximum atomic E-state index is 11.7. The van der Waals surface area contributed by atoms with Gasteiger partial charge >= 0.3 is 0 Å². The molecule has 0 atom stereocenters. The first-order chi connectivity index (χ1) is 7.18. The van der Waals surface area contributed by atoms with Gasteiger partial charge in [0.2, 0.25) is 0 Å². The van der Waals surface area contributed by atoms with E-state index in [-0.39, 0.29) is 4.90 Å². The topological polar surface area (TPSA) is 79.0 Å². The van der Waals surface area contributed by atoms with Crippen LogP contribution in [0.15, 0.2) is 47.9 Å². The minimum Gasteiger partial charge on any atom is -0.503 e. The Kier molecular flexibility index (Phi) is 2.38. The molecule has 15 heavy (non-hydrogen) atoms. The molecule has 2 aromatic rings. The molecule has 0 N–H and O–H groups in total. The summed E-state index contributed by atoms with van der Waals surface area (Å²) in [6.07, 6.45) is 2.42. The number of rotatable bonds is 3. The Balaban J connectivity index is 2.29. The first-order valence-electron chi connectivity index (χ1n) is 4.06. The van der Waals surface area contributed by atoms with E-state index >= 15 is 0 Å². The Hall–Kier alpha value is -1.89. The van der Waals surface area contributed by atoms with E-state index in [2.05, 4.69) is 15.0 Å². The zero-order chi connectivity index (χ0) is 10.7. The standard InChI is InChI=1S/C8H7N4O2S/c13-15(14,8-4-2-1-3-5-8)11-12-6-9-10-7-12/h1-7H/q-1. The fourth-order valence-electron chi connectivity index (χ4n) is 1.00. The second-order valence-electron chi connectivity index (χ2n) is 2.71. The molecule has 1 aromatic carbocycles. The summed E-state index contributed by atoms with van der Waals surface area (Å²) in [4.78, 5) is 3.62. The molecule has 0 unspecified atom stereocenters. The minimum absolute atomic E-state index is 0.138. The van der Waals surface area contributed by atoms with Gasteiger partial charge in [0.1, 0.15) is 22.7 Å². The van der Waals surface area contributed by atoms with Crippen LogP contribution in [0.2, 0.25) is 0 Å². The van der Waals surface area contributed by atoms with Gasteiger partial charge in [-0.25, -0.2) is 8.42 Å². The van der Waals surface area contributed by atoms with Crippen LogP contribution in [0.1, 0.15) is 0 Å². The average Bonchev–Trinajstić information content (AvgIpc) is 2.71. The van der Waals surface area contributed by atoms with Crippen LogP contribution in [0.25, 0.3) is 4.83 Å². The van der Waals surface area contributed by atoms with Crippen molar-refractivity contribution in [3.8, 4) is 0 Å². The van der Waals surface area contributed by atoms with Gasteiger partial charge < -0.3 is 9.51 Å². The zero-order valence-electron chi connectivity index (χ0n) is 7.56. The van der Waals surface area contributed by atoms with Crippen molar-refractivity contribution in [3.63, 3.8) is 0 Å². The molecule has 0 aliphatic rings. The summed E-state index contributed by atoms with van der Waals surface area (Å²) in [5.41, 5.74) is 0. The van der Waals surface area contributed by atoms with Gasteiger partial charge in [-0.3, -0.25) is 0 Å². The Morgan fingerprint density at radius 3 is 2.27 bits per heavy atom. The maximum absolute atomic E-state index is 11.7. The van der Waals surface area contributed by atoms with Crippen LogP contribution in [-0.2, 0) is 10.0 Å². The predicted molar refractivity (Wildman–Crippen MR) is 52.4 cm³/mol. The molecule has 0 radical (unpaired) electrons. The number of hydrogen-bond acceptors (Lipinski definition) is 4. The van der Waals surface area contributed by atoms with Gasteiger partial charge in [0.15, 0.2) is 0 Å². The van der Waals surface area contributed by atoms with Crippen LogP contribution in [0.4, 0.5) is 0 Å². The summed E-state index contributed by atoms with van der Waals surface area (Å²) in [5, 5.41) is 6.91. The van der Waals surface area contributed by atoms with E-state index in [1.54, 1.807) is 18.2 Å². The molecule has 1 aromatic heterocycles. The lowest BCUT2D eigenvalue weighted by atomic mass is 10.4. The van der Waals surface area contributed by atoms with Gasteiger partial charge in [-0.05, 0) is 12.1 Å². The van der Waals surface area contributed by atoms with Crippen LogP contribution in [-0.4, -0.2) is 23.3 Å². The quantitative estimate of drug-likeness (QED) is 0.771. The molecule has 0 saturated carbocycles. The highest BCUT2D eigenvalue weighted by Gasteiger charge is 2.02. The average molecular weight is 223 g/mol. The van der Waals surface area contributed by atoms with Gasteiger partial charge in [0, 0.05) is 0 Å². The third-order valence-electron chi connectivity index (χ3n) is 1.65. The molecule has 0 fully saturated rings. The number of aromatic nitrogens is 3. The molecule has 0 spiro atoms. The minimum atomic E-state index is -3.68. The number of benzene rings is 1. The molecule has 0 saturated heterocycles. The molecule has 1 heterocycles. The molecule has 0 bridgehead atoms. The third kappa shape index (κ3) is 2.13. The second kappa shape index (κ2) is 3.70. The van der Waals surface area contributed by atoms with Crippen molar-refractivity contribution in [1.29, 1.82) is 0 Å². The van der Waals surface area contributed by atoms with Crippen LogP contribution < -0.4 is 0 Å². The second-order valence-corrected chi connectivity index (χ2v) is 4.30. The van der Waals surface area contributed by atoms with Crippen molar-refractivity contribution >= 4 is 10.0 Å². The number of sulfonamides is 1. The lowest BCUT2D eigenvalue weighted by Gasteiger charge is -2.21. The van der Waals surface area contributed by atoms with E-state index in [1.165, 1.54) is 24.8 Å². The van der Waals surface area contributed by atoms with Crippen LogP contribution >= 0.6 is 0 Å². The Bertz CT molecular complexity index is 521. The molecule has 2 rings (SSSR count). The molecule has 6 nitrogen and oxygen atoms in total. The third-order valence-corrected chi connectivity index (χ3v) is 2.92. The van der Waals surface area contributed by atoms with Crippen molar-refractivity contribution in [2.24, 2.45) is 0 Å². The summed E-state index contributed by atoms with van der Waals surface area (Å²) < 4.78 is 24.4. The van der Waals surface area contributed by atoms with Gasteiger partial charge in [-0.15, -0.1) is 10.2 Å². The smallest absolute Gasteiger partial charge is 0.134 e. The van der Waals surface area contributed by atoms with Crippen LogP contribution in [0.5, 0.6) is 0 Å². The van der Waals surface area contributed by atoms with Crippen LogP contribution in [0, 0.1) is 0 Å². The van der Waals surface area contributed by atoms with E-state index in [4.69, 9.17) is 0 Å². The molecule has 0 aliphatic heterocycles. The van der Waals surface area contributed by atoms with Crippen molar-refractivity contribution in [2.75, 3.05) is 0 Å². The fraction of sp³-hybridized carbons (Fsp3) is 0. The summed E-state index contributed by atoms with van der Waals surface area (Å²) in [6, 6.07) is 7.95. The molecule has 78 valence electrons. The first-order valence-corrected chi connectivity index (χ1v) is 5.50. The lowest BCUT2D eigenvalue weighted by molar-refractivity contribution is 0.599. The highest BCUT2D eigenvalue weighted by Crippen LogP contribution is 2.15. The normalized spacial score (nSPS) is 11.2. The summed E-state index contributed by atoms with van der Waals surface area (Å²) in [5.74, 6) is 0. The molecule has 7 heteroatoms. The molecular formula is C8H7N4O2S-. The Morgan fingerprint density at radius 2 is 1.67 bits per heavy atom. The van der Waals surface area contributed by atoms with E-state index in [1.807, 2.05) is 0 Å². The van der Waals surface area contributed by atoms with Crippen LogP contribution in [0.3, 0.4) is 0 Å². The van der Waals surface area contributed by atoms with Crippen molar-refractivity contribution in [2.45, 2.75) is 4.90 Å². The Labute approximate surface area is 86.6 Å². The highest BCUT2D eigenvalue weighted by molar-refractivity contribution is 7.93. The molecular weight excluding hydrogens is 216 g/mol. The van der Waals surface area contributed by atoms with Crippen molar-refractivity contribution in [1.82, 2.24) is 14.9 Å². The van der Waals surface area contributed by atoms with E-state index < -0.39 is 10.0 Å². The van der Waals surface area contributed by atoms with E-state index in [9.17, 15) is 8.42 Å². The largest absolute Gasteiger partial charge is 0.503 e. The summed E-state index contributed by atoms with van der Waals surface area (Å²) in [7, 11) is -3.68. The van der Waals surface area contributed by atoms with Crippen molar-refractivity contribution < 1.29 is 8.42 Å². The number of nitrogens with zero attached hydrogens (tertiary/aromatic N) is 4. The van der Waals surface area contributed by atoms with Gasteiger partial charge in [-0.2, -0.15) is 0 Å². The van der Waals surface area contributed by atoms with Gasteiger partial charge in [0.05, 0.1) is 4.90 Å². The first kappa shape index (κ1) is 9.66. The van der Waals surface area contributed by atoms with Gasteiger partial charge in [-0.1, -0.05) is 18.2 Å². The SMILES string of the molecule is O=S(=O)([N-]n1cnnc1)c1ccccc1. The maximum Gasteiger partial charge on any atom is 0.134 e. The number of hydrogen-bond donors (Lipinski definition) is 0. The Morgan fingerprint density at radius 1 is 1.07 bits per heavy atom. The highest BCUT2D eigenvalue weighted by atomic mass is 32.2. The van der Waals surface area contributed by atoms with E-state index in [0.29, 0.717) is 0 Å². The predicted octanol–water partition coefficient (Wildman–Crippen LogP) is 0.804. The zero-order valence-corrected chi connectivity index (χ0v) is 8.37.